The SMILES string of the molecule is O=C(O)[C@H]1CS[C@H](Cc2ccc(OC(F)(F)F)cc2)C(=O)N1. The molecule has 2 N–H and O–H groups in total. The Hall–Kier alpha value is -1.90. The topological polar surface area (TPSA) is 75.6 Å². The summed E-state index contributed by atoms with van der Waals surface area (Å²) in [5.74, 6) is -1.56. The van der Waals surface area contributed by atoms with Gasteiger partial charge >= 0.3 is 12.3 Å². The van der Waals surface area contributed by atoms with Gasteiger partial charge < -0.3 is 15.2 Å². The quantitative estimate of drug-likeness (QED) is 0.878. The molecular formula is C13H12F3NO4S. The van der Waals surface area contributed by atoms with E-state index in [0.717, 1.165) is 0 Å². The van der Waals surface area contributed by atoms with E-state index in [-0.39, 0.29) is 17.4 Å². The molecule has 0 radical (unpaired) electrons. The van der Waals surface area contributed by atoms with Gasteiger partial charge in [0.05, 0.1) is 5.25 Å². The van der Waals surface area contributed by atoms with Crippen LogP contribution in [0.4, 0.5) is 13.2 Å². The average molecular weight is 335 g/mol. The first-order chi connectivity index (χ1) is 10.2. The molecule has 1 aliphatic heterocycles. The molecule has 1 saturated heterocycles. The van der Waals surface area contributed by atoms with Crippen molar-refractivity contribution in [2.75, 3.05) is 5.75 Å². The summed E-state index contributed by atoms with van der Waals surface area (Å²) in [5, 5.41) is 10.7. The third-order valence-corrected chi connectivity index (χ3v) is 4.26. The molecule has 1 aromatic carbocycles. The smallest absolute Gasteiger partial charge is 0.480 e. The Morgan fingerprint density at radius 1 is 1.36 bits per heavy atom. The molecule has 1 aromatic rings. The number of thioether (sulfide) groups is 1. The predicted octanol–water partition coefficient (Wildman–Crippen LogP) is 1.81. The van der Waals surface area contributed by atoms with Crippen molar-refractivity contribution in [3.8, 4) is 5.75 Å². The summed E-state index contributed by atoms with van der Waals surface area (Å²) in [6.45, 7) is 0. The number of rotatable bonds is 4. The van der Waals surface area contributed by atoms with Crippen LogP contribution in [0.3, 0.4) is 0 Å². The molecule has 0 aromatic heterocycles. The molecule has 1 aliphatic rings. The van der Waals surface area contributed by atoms with Gasteiger partial charge in [0.15, 0.2) is 0 Å². The van der Waals surface area contributed by atoms with Gasteiger partial charge in [0, 0.05) is 5.75 Å². The van der Waals surface area contributed by atoms with E-state index in [1.807, 2.05) is 0 Å². The van der Waals surface area contributed by atoms with Gasteiger partial charge in [-0.2, -0.15) is 0 Å². The van der Waals surface area contributed by atoms with Crippen LogP contribution >= 0.6 is 11.8 Å². The average Bonchev–Trinajstić information content (AvgIpc) is 2.41. The Labute approximate surface area is 127 Å². The Morgan fingerprint density at radius 3 is 2.50 bits per heavy atom. The zero-order chi connectivity index (χ0) is 16.3. The molecule has 5 nitrogen and oxygen atoms in total. The van der Waals surface area contributed by atoms with Crippen LogP contribution in [0.25, 0.3) is 0 Å². The van der Waals surface area contributed by atoms with Gasteiger partial charge in [-0.3, -0.25) is 4.79 Å². The number of benzene rings is 1. The van der Waals surface area contributed by atoms with E-state index >= 15 is 0 Å². The minimum atomic E-state index is -4.74. The van der Waals surface area contributed by atoms with Gasteiger partial charge in [-0.05, 0) is 24.1 Å². The van der Waals surface area contributed by atoms with Crippen molar-refractivity contribution in [3.05, 3.63) is 29.8 Å². The molecular weight excluding hydrogens is 323 g/mol. The summed E-state index contributed by atoms with van der Waals surface area (Å²) < 4.78 is 39.9. The summed E-state index contributed by atoms with van der Waals surface area (Å²) in [6, 6.07) is 4.33. The molecule has 1 heterocycles. The lowest BCUT2D eigenvalue weighted by Gasteiger charge is -2.26. The highest BCUT2D eigenvalue weighted by molar-refractivity contribution is 8.00. The van der Waals surface area contributed by atoms with E-state index in [1.165, 1.54) is 36.0 Å². The maximum absolute atomic E-state index is 12.0. The van der Waals surface area contributed by atoms with Crippen LogP contribution in [-0.2, 0) is 16.0 Å². The zero-order valence-electron chi connectivity index (χ0n) is 11.1. The number of carbonyl (C=O) groups excluding carboxylic acids is 1. The number of halogens is 3. The van der Waals surface area contributed by atoms with Crippen LogP contribution in [0.15, 0.2) is 24.3 Å². The lowest BCUT2D eigenvalue weighted by molar-refractivity contribution is -0.274. The summed E-state index contributed by atoms with van der Waals surface area (Å²) in [6.07, 6.45) is -4.44. The van der Waals surface area contributed by atoms with Gasteiger partial charge in [-0.15, -0.1) is 24.9 Å². The summed E-state index contributed by atoms with van der Waals surface area (Å²) in [4.78, 5) is 22.6. The van der Waals surface area contributed by atoms with Crippen molar-refractivity contribution in [2.24, 2.45) is 0 Å². The van der Waals surface area contributed by atoms with Gasteiger partial charge in [-0.1, -0.05) is 12.1 Å². The van der Waals surface area contributed by atoms with Crippen LogP contribution in [0.5, 0.6) is 5.75 Å². The van der Waals surface area contributed by atoms with Crippen LogP contribution in [0, 0.1) is 0 Å². The van der Waals surface area contributed by atoms with Crippen LogP contribution < -0.4 is 10.1 Å². The normalized spacial score (nSPS) is 22.0. The number of carbonyl (C=O) groups is 2. The Balaban J connectivity index is 1.94. The number of carboxylic acids is 1. The Bertz CT molecular complexity index is 561. The molecule has 2 atom stereocenters. The second-order valence-corrected chi connectivity index (χ2v) is 5.85. The van der Waals surface area contributed by atoms with Gasteiger partial charge in [-0.25, -0.2) is 4.79 Å². The van der Waals surface area contributed by atoms with Crippen molar-refractivity contribution < 1.29 is 32.6 Å². The molecule has 0 spiro atoms. The highest BCUT2D eigenvalue weighted by Crippen LogP contribution is 2.25. The van der Waals surface area contributed by atoms with Crippen molar-refractivity contribution in [1.82, 2.24) is 5.32 Å². The van der Waals surface area contributed by atoms with E-state index in [9.17, 15) is 22.8 Å². The zero-order valence-corrected chi connectivity index (χ0v) is 11.9. The summed E-state index contributed by atoms with van der Waals surface area (Å²) in [5.41, 5.74) is 0.663. The first kappa shape index (κ1) is 16.5. The summed E-state index contributed by atoms with van der Waals surface area (Å²) >= 11 is 1.21. The van der Waals surface area contributed by atoms with E-state index in [0.29, 0.717) is 12.0 Å². The molecule has 0 saturated carbocycles. The van der Waals surface area contributed by atoms with E-state index < -0.39 is 23.6 Å². The Kier molecular flexibility index (Phi) is 4.84. The number of ether oxygens (including phenoxy) is 1. The van der Waals surface area contributed by atoms with Crippen molar-refractivity contribution in [1.29, 1.82) is 0 Å². The molecule has 0 aliphatic carbocycles. The molecule has 22 heavy (non-hydrogen) atoms. The molecule has 0 bridgehead atoms. The van der Waals surface area contributed by atoms with E-state index in [1.54, 1.807) is 0 Å². The second kappa shape index (κ2) is 6.47. The van der Waals surface area contributed by atoms with Crippen molar-refractivity contribution >= 4 is 23.6 Å². The number of alkyl halides is 3. The summed E-state index contributed by atoms with van der Waals surface area (Å²) in [7, 11) is 0. The lowest BCUT2D eigenvalue weighted by Crippen LogP contribution is -2.51. The molecule has 120 valence electrons. The minimum absolute atomic E-state index is 0.251. The standard InChI is InChI=1S/C13H12F3NO4S/c14-13(15,16)21-8-3-1-7(2-4-8)5-10-11(18)17-9(6-22-10)12(19)20/h1-4,9-10H,5-6H2,(H,17,18)(H,19,20)/t9-,10-/m1/s1. The van der Waals surface area contributed by atoms with Crippen LogP contribution in [0.2, 0.25) is 0 Å². The monoisotopic (exact) mass is 335 g/mol. The number of carboxylic acid groups (broad SMARTS) is 1. The maximum atomic E-state index is 12.0. The Morgan fingerprint density at radius 2 is 2.00 bits per heavy atom. The molecule has 0 unspecified atom stereocenters. The highest BCUT2D eigenvalue weighted by Gasteiger charge is 2.33. The first-order valence-electron chi connectivity index (χ1n) is 6.24. The fraction of sp³-hybridized carbons (Fsp3) is 0.385. The van der Waals surface area contributed by atoms with E-state index in [2.05, 4.69) is 10.1 Å². The first-order valence-corrected chi connectivity index (χ1v) is 7.29. The minimum Gasteiger partial charge on any atom is -0.480 e. The predicted molar refractivity (Wildman–Crippen MR) is 72.6 cm³/mol. The highest BCUT2D eigenvalue weighted by atomic mass is 32.2. The number of aliphatic carboxylic acids is 1. The number of hydrogen-bond donors (Lipinski definition) is 2. The van der Waals surface area contributed by atoms with Crippen molar-refractivity contribution in [2.45, 2.75) is 24.1 Å². The van der Waals surface area contributed by atoms with Crippen LogP contribution in [-0.4, -0.2) is 40.4 Å². The fourth-order valence-electron chi connectivity index (χ4n) is 1.92. The number of hydrogen-bond acceptors (Lipinski definition) is 4. The largest absolute Gasteiger partial charge is 0.573 e. The molecule has 9 heteroatoms. The fourth-order valence-corrected chi connectivity index (χ4v) is 3.10. The van der Waals surface area contributed by atoms with Crippen molar-refractivity contribution in [3.63, 3.8) is 0 Å². The molecule has 1 fully saturated rings. The van der Waals surface area contributed by atoms with E-state index in [4.69, 9.17) is 5.11 Å². The van der Waals surface area contributed by atoms with Gasteiger partial charge in [0.2, 0.25) is 5.91 Å². The maximum Gasteiger partial charge on any atom is 0.573 e. The molecule has 1 amide bonds. The van der Waals surface area contributed by atoms with Gasteiger partial charge in [0.1, 0.15) is 11.8 Å². The van der Waals surface area contributed by atoms with Gasteiger partial charge in [0.25, 0.3) is 0 Å². The third kappa shape index (κ3) is 4.55. The number of nitrogens with one attached hydrogen (secondary N) is 1. The third-order valence-electron chi connectivity index (χ3n) is 2.95. The second-order valence-electron chi connectivity index (χ2n) is 4.62. The molecule has 2 rings (SSSR count). The van der Waals surface area contributed by atoms with Crippen LogP contribution in [0.1, 0.15) is 5.56 Å². The number of amides is 1. The lowest BCUT2D eigenvalue weighted by atomic mass is 10.1.